The largest absolute Gasteiger partial charge is 0.549 e. The number of carboxylic acids is 1. The first-order chi connectivity index (χ1) is 6.54. The number of hydrogen-bond acceptors (Lipinski definition) is 6. The summed E-state index contributed by atoms with van der Waals surface area (Å²) in [6, 6.07) is 0. The maximum Gasteiger partial charge on any atom is 0.0929 e. The molecular formula is C8H14NO5-. The van der Waals surface area contributed by atoms with Crippen LogP contribution in [0.25, 0.3) is 0 Å². The average molecular weight is 204 g/mol. The number of aliphatic carboxylic acids is 1. The zero-order valence-electron chi connectivity index (χ0n) is 7.67. The molecule has 6 heteroatoms. The second kappa shape index (κ2) is 4.70. The van der Waals surface area contributed by atoms with Gasteiger partial charge in [0.2, 0.25) is 0 Å². The van der Waals surface area contributed by atoms with Gasteiger partial charge < -0.3 is 25.2 Å². The van der Waals surface area contributed by atoms with E-state index in [2.05, 4.69) is 0 Å². The molecule has 0 radical (unpaired) electrons. The van der Waals surface area contributed by atoms with Crippen LogP contribution in [-0.2, 0) is 4.79 Å². The molecule has 0 spiro atoms. The Morgan fingerprint density at radius 3 is 2.57 bits per heavy atom. The molecule has 0 aliphatic carbocycles. The Morgan fingerprint density at radius 2 is 2.07 bits per heavy atom. The van der Waals surface area contributed by atoms with Crippen LogP contribution in [0.1, 0.15) is 0 Å². The summed E-state index contributed by atoms with van der Waals surface area (Å²) in [6.45, 7) is -0.226. The number of piperidine rings is 1. The van der Waals surface area contributed by atoms with Gasteiger partial charge in [0, 0.05) is 32.2 Å². The van der Waals surface area contributed by atoms with Gasteiger partial charge in [0.15, 0.2) is 0 Å². The fourth-order valence-electron chi connectivity index (χ4n) is 1.68. The van der Waals surface area contributed by atoms with E-state index < -0.39 is 24.1 Å². The van der Waals surface area contributed by atoms with Gasteiger partial charge in [-0.05, 0) is 0 Å². The fourth-order valence-corrected chi connectivity index (χ4v) is 1.68. The van der Waals surface area contributed by atoms with Crippen LogP contribution in [0.5, 0.6) is 0 Å². The topological polar surface area (TPSA) is 104 Å². The summed E-state index contributed by atoms with van der Waals surface area (Å²) in [7, 11) is 0. The van der Waals surface area contributed by atoms with Gasteiger partial charge in [-0.3, -0.25) is 4.90 Å². The molecule has 0 aromatic heterocycles. The fraction of sp³-hybridized carbons (Fsp3) is 0.875. The molecule has 0 saturated carbocycles. The lowest BCUT2D eigenvalue weighted by atomic mass is 9.93. The molecule has 1 heterocycles. The SMILES string of the molecule is O=C([O-])CN1CC(O)C(O)C(CO)C1. The van der Waals surface area contributed by atoms with E-state index in [1.54, 1.807) is 0 Å². The monoisotopic (exact) mass is 204 g/mol. The maximum atomic E-state index is 10.3. The van der Waals surface area contributed by atoms with Gasteiger partial charge in [0.25, 0.3) is 0 Å². The Hall–Kier alpha value is -0.690. The summed E-state index contributed by atoms with van der Waals surface area (Å²) < 4.78 is 0. The number of β-amino-alcohol motifs (C(OH)–C–C–N with tert-alkyl or cyclic N) is 1. The number of hydrogen-bond donors (Lipinski definition) is 3. The van der Waals surface area contributed by atoms with Gasteiger partial charge in [-0.15, -0.1) is 0 Å². The molecular weight excluding hydrogens is 190 g/mol. The molecule has 3 N–H and O–H groups in total. The molecule has 0 aromatic carbocycles. The van der Waals surface area contributed by atoms with Crippen LogP contribution >= 0.6 is 0 Å². The molecule has 14 heavy (non-hydrogen) atoms. The third-order valence-corrected chi connectivity index (χ3v) is 2.40. The molecule has 6 nitrogen and oxygen atoms in total. The maximum absolute atomic E-state index is 10.3. The Kier molecular flexibility index (Phi) is 3.82. The van der Waals surface area contributed by atoms with Crippen molar-refractivity contribution in [3.8, 4) is 0 Å². The highest BCUT2D eigenvalue weighted by atomic mass is 16.4. The van der Waals surface area contributed by atoms with Gasteiger partial charge in [0.1, 0.15) is 0 Å². The van der Waals surface area contributed by atoms with Crippen molar-refractivity contribution in [1.29, 1.82) is 0 Å². The minimum atomic E-state index is -1.23. The number of aliphatic hydroxyl groups excluding tert-OH is 3. The molecule has 0 bridgehead atoms. The number of carbonyl (C=O) groups is 1. The van der Waals surface area contributed by atoms with E-state index in [1.807, 2.05) is 0 Å². The second-order valence-electron chi connectivity index (χ2n) is 3.57. The molecule has 1 rings (SSSR count). The summed E-state index contributed by atoms with van der Waals surface area (Å²) in [5.74, 6) is -1.73. The van der Waals surface area contributed by atoms with Crippen LogP contribution in [0.3, 0.4) is 0 Å². The Labute approximate surface area is 81.4 Å². The van der Waals surface area contributed by atoms with Crippen molar-refractivity contribution >= 4 is 5.97 Å². The van der Waals surface area contributed by atoms with Crippen molar-refractivity contribution in [2.75, 3.05) is 26.2 Å². The normalized spacial score (nSPS) is 34.4. The van der Waals surface area contributed by atoms with Gasteiger partial charge >= 0.3 is 0 Å². The quantitative estimate of drug-likeness (QED) is 0.438. The van der Waals surface area contributed by atoms with E-state index in [1.165, 1.54) is 4.90 Å². The first kappa shape index (κ1) is 11.4. The highest BCUT2D eigenvalue weighted by Crippen LogP contribution is 2.16. The first-order valence-electron chi connectivity index (χ1n) is 4.43. The number of nitrogens with zero attached hydrogens (tertiary/aromatic N) is 1. The zero-order valence-corrected chi connectivity index (χ0v) is 7.67. The predicted octanol–water partition coefficient (Wildman–Crippen LogP) is -3.62. The van der Waals surface area contributed by atoms with Crippen LogP contribution < -0.4 is 5.11 Å². The molecule has 0 amide bonds. The molecule has 1 saturated heterocycles. The van der Waals surface area contributed by atoms with Crippen molar-refractivity contribution in [3.63, 3.8) is 0 Å². The summed E-state index contributed by atoms with van der Waals surface area (Å²) in [5.41, 5.74) is 0. The van der Waals surface area contributed by atoms with E-state index in [0.29, 0.717) is 0 Å². The summed E-state index contributed by atoms with van der Waals surface area (Å²) in [4.78, 5) is 11.7. The highest BCUT2D eigenvalue weighted by Gasteiger charge is 2.33. The van der Waals surface area contributed by atoms with Crippen LogP contribution in [0, 0.1) is 5.92 Å². The van der Waals surface area contributed by atoms with E-state index in [9.17, 15) is 20.1 Å². The number of rotatable bonds is 3. The van der Waals surface area contributed by atoms with Crippen molar-refractivity contribution in [2.24, 2.45) is 5.92 Å². The number of aliphatic hydroxyl groups is 3. The minimum Gasteiger partial charge on any atom is -0.549 e. The number of likely N-dealkylation sites (tertiary alicyclic amines) is 1. The van der Waals surface area contributed by atoms with E-state index in [0.717, 1.165) is 0 Å². The van der Waals surface area contributed by atoms with Gasteiger partial charge in [-0.1, -0.05) is 0 Å². The van der Waals surface area contributed by atoms with Gasteiger partial charge in [0.05, 0.1) is 18.2 Å². The average Bonchev–Trinajstić information content (AvgIpc) is 2.10. The summed E-state index contributed by atoms with van der Waals surface area (Å²) in [6.07, 6.45) is -2.00. The molecule has 1 aliphatic heterocycles. The van der Waals surface area contributed by atoms with Gasteiger partial charge in [-0.25, -0.2) is 0 Å². The summed E-state index contributed by atoms with van der Waals surface area (Å²) >= 11 is 0. The minimum absolute atomic E-state index is 0.0889. The summed E-state index contributed by atoms with van der Waals surface area (Å²) in [5, 5.41) is 37.9. The highest BCUT2D eigenvalue weighted by molar-refractivity contribution is 5.66. The molecule has 1 aliphatic rings. The smallest absolute Gasteiger partial charge is 0.0929 e. The lowest BCUT2D eigenvalue weighted by molar-refractivity contribution is -0.307. The van der Waals surface area contributed by atoms with Crippen molar-refractivity contribution in [1.82, 2.24) is 4.90 Å². The third kappa shape index (κ3) is 2.65. The van der Waals surface area contributed by atoms with Gasteiger partial charge in [-0.2, -0.15) is 0 Å². The van der Waals surface area contributed by atoms with Crippen LogP contribution in [0.15, 0.2) is 0 Å². The third-order valence-electron chi connectivity index (χ3n) is 2.40. The lowest BCUT2D eigenvalue weighted by Crippen LogP contribution is -2.55. The van der Waals surface area contributed by atoms with E-state index in [4.69, 9.17) is 5.11 Å². The van der Waals surface area contributed by atoms with Crippen LogP contribution in [0.4, 0.5) is 0 Å². The molecule has 82 valence electrons. The van der Waals surface area contributed by atoms with Crippen LogP contribution in [-0.4, -0.2) is 64.6 Å². The van der Waals surface area contributed by atoms with Crippen molar-refractivity contribution < 1.29 is 25.2 Å². The van der Waals surface area contributed by atoms with E-state index in [-0.39, 0.29) is 26.2 Å². The predicted molar refractivity (Wildman–Crippen MR) is 44.0 cm³/mol. The van der Waals surface area contributed by atoms with E-state index >= 15 is 0 Å². The Balaban J connectivity index is 2.53. The Morgan fingerprint density at radius 1 is 1.43 bits per heavy atom. The molecule has 3 unspecified atom stereocenters. The molecule has 3 atom stereocenters. The van der Waals surface area contributed by atoms with Crippen molar-refractivity contribution in [3.05, 3.63) is 0 Å². The zero-order chi connectivity index (χ0) is 10.7. The number of carbonyl (C=O) groups excluding carboxylic acids is 1. The van der Waals surface area contributed by atoms with Crippen molar-refractivity contribution in [2.45, 2.75) is 12.2 Å². The second-order valence-corrected chi connectivity index (χ2v) is 3.57. The standard InChI is InChI=1S/C8H15NO5/c10-4-5-1-9(3-7(12)13)2-6(11)8(5)14/h5-6,8,10-11,14H,1-4H2,(H,12,13)/p-1. The Bertz CT molecular complexity index is 210. The molecule has 0 aromatic rings. The first-order valence-corrected chi connectivity index (χ1v) is 4.43. The van der Waals surface area contributed by atoms with Crippen LogP contribution in [0.2, 0.25) is 0 Å². The molecule has 1 fully saturated rings. The lowest BCUT2D eigenvalue weighted by Gasteiger charge is -2.38. The number of carboxylic acid groups (broad SMARTS) is 1.